The molecular weight excluding hydrogens is 177 g/mol. The lowest BCUT2D eigenvalue weighted by Crippen LogP contribution is -2.19. The van der Waals surface area contributed by atoms with Crippen LogP contribution in [0.15, 0.2) is 5.16 Å². The zero-order chi connectivity index (χ0) is 9.61. The number of oxime groups is 1. The van der Waals surface area contributed by atoms with Crippen molar-refractivity contribution in [2.24, 2.45) is 5.16 Å². The van der Waals surface area contributed by atoms with Crippen molar-refractivity contribution in [1.29, 1.82) is 0 Å². The van der Waals surface area contributed by atoms with Gasteiger partial charge in [-0.15, -0.1) is 0 Å². The van der Waals surface area contributed by atoms with Crippen LogP contribution in [0.2, 0.25) is 0 Å². The largest absolute Gasteiger partial charge is 0.425 e. The van der Waals surface area contributed by atoms with Crippen molar-refractivity contribution >= 4 is 12.2 Å². The molecule has 0 saturated carbocycles. The molecule has 0 radical (unpaired) electrons. The molecular formula is C5H7F3N2O2. The summed E-state index contributed by atoms with van der Waals surface area (Å²) < 4.78 is 34.1. The first-order valence-corrected chi connectivity index (χ1v) is 2.89. The molecule has 0 fully saturated rings. The van der Waals surface area contributed by atoms with Crippen LogP contribution in [0, 0.1) is 0 Å². The van der Waals surface area contributed by atoms with Gasteiger partial charge in [0.05, 0.1) is 0 Å². The third-order valence-corrected chi connectivity index (χ3v) is 0.623. The standard InChI is InChI=1S/C5H7F3N2O2/c1-4(11)9-3-10-12-2-5(6,7)8/h3H,2H2,1H3,(H,9,10,11). The van der Waals surface area contributed by atoms with Gasteiger partial charge in [-0.25, -0.2) is 0 Å². The normalized spacial score (nSPS) is 11.7. The van der Waals surface area contributed by atoms with E-state index in [9.17, 15) is 18.0 Å². The number of hydrogen-bond donors (Lipinski definition) is 1. The van der Waals surface area contributed by atoms with Crippen molar-refractivity contribution in [1.82, 2.24) is 5.32 Å². The maximum Gasteiger partial charge on any atom is 0.425 e. The Hall–Kier alpha value is -1.27. The minimum absolute atomic E-state index is 0.436. The number of nitrogens with one attached hydrogen (secondary N) is 1. The molecule has 7 heteroatoms. The van der Waals surface area contributed by atoms with Gasteiger partial charge >= 0.3 is 6.18 Å². The van der Waals surface area contributed by atoms with Gasteiger partial charge in [0.25, 0.3) is 0 Å². The molecule has 0 aliphatic rings. The quantitative estimate of drug-likeness (QED) is 0.397. The fourth-order valence-electron chi connectivity index (χ4n) is 0.265. The minimum atomic E-state index is -4.41. The molecule has 4 nitrogen and oxygen atoms in total. The Balaban J connectivity index is 3.43. The second kappa shape index (κ2) is 4.58. The number of carbonyl (C=O) groups is 1. The van der Waals surface area contributed by atoms with E-state index in [1.54, 1.807) is 0 Å². The molecule has 0 aromatic carbocycles. The van der Waals surface area contributed by atoms with Crippen LogP contribution < -0.4 is 5.32 Å². The first kappa shape index (κ1) is 10.7. The van der Waals surface area contributed by atoms with E-state index in [0.717, 1.165) is 6.34 Å². The lowest BCUT2D eigenvalue weighted by Gasteiger charge is -2.02. The lowest BCUT2D eigenvalue weighted by molar-refractivity contribution is -0.173. The Bertz CT molecular complexity index is 178. The second-order valence-corrected chi connectivity index (χ2v) is 1.82. The highest BCUT2D eigenvalue weighted by atomic mass is 19.4. The summed E-state index contributed by atoms with van der Waals surface area (Å²) in [6.45, 7) is -0.279. The van der Waals surface area contributed by atoms with Crippen molar-refractivity contribution in [2.75, 3.05) is 6.61 Å². The van der Waals surface area contributed by atoms with E-state index in [1.807, 2.05) is 5.32 Å². The van der Waals surface area contributed by atoms with E-state index >= 15 is 0 Å². The molecule has 70 valence electrons. The zero-order valence-corrected chi connectivity index (χ0v) is 6.18. The molecule has 0 atom stereocenters. The third kappa shape index (κ3) is 8.73. The molecule has 0 rings (SSSR count). The fourth-order valence-corrected chi connectivity index (χ4v) is 0.265. The van der Waals surface area contributed by atoms with Crippen LogP contribution in [0.4, 0.5) is 13.2 Å². The van der Waals surface area contributed by atoms with Crippen LogP contribution in [0.3, 0.4) is 0 Å². The summed E-state index contributed by atoms with van der Waals surface area (Å²) in [6.07, 6.45) is -3.67. The van der Waals surface area contributed by atoms with Gasteiger partial charge in [0, 0.05) is 6.92 Å². The predicted octanol–water partition coefficient (Wildman–Crippen LogP) is 0.645. The van der Waals surface area contributed by atoms with Crippen molar-refractivity contribution in [2.45, 2.75) is 13.1 Å². The van der Waals surface area contributed by atoms with Gasteiger partial charge in [0.15, 0.2) is 0 Å². The monoisotopic (exact) mass is 184 g/mol. The molecule has 1 amide bonds. The summed E-state index contributed by atoms with van der Waals surface area (Å²) >= 11 is 0. The highest BCUT2D eigenvalue weighted by Crippen LogP contribution is 2.13. The summed E-state index contributed by atoms with van der Waals surface area (Å²) in [7, 11) is 0. The average Bonchev–Trinajstić information content (AvgIpc) is 1.83. The maximum absolute atomic E-state index is 11.4. The van der Waals surface area contributed by atoms with Crippen LogP contribution in [-0.4, -0.2) is 25.0 Å². The van der Waals surface area contributed by atoms with Crippen LogP contribution in [-0.2, 0) is 9.63 Å². The number of halogens is 3. The molecule has 0 saturated heterocycles. The molecule has 0 spiro atoms. The fraction of sp³-hybridized carbons (Fsp3) is 0.600. The summed E-state index contributed by atoms with van der Waals surface area (Å²) in [5, 5.41) is 4.83. The van der Waals surface area contributed by atoms with Gasteiger partial charge in [-0.05, 0) is 0 Å². The van der Waals surface area contributed by atoms with Crippen LogP contribution >= 0.6 is 0 Å². The summed E-state index contributed by atoms with van der Waals surface area (Å²) in [4.78, 5) is 13.9. The summed E-state index contributed by atoms with van der Waals surface area (Å²) in [5.41, 5.74) is 0. The van der Waals surface area contributed by atoms with Gasteiger partial charge in [-0.3, -0.25) is 4.79 Å². The van der Waals surface area contributed by atoms with Gasteiger partial charge < -0.3 is 10.2 Å². The zero-order valence-electron chi connectivity index (χ0n) is 6.18. The van der Waals surface area contributed by atoms with E-state index in [-0.39, 0.29) is 0 Å². The molecule has 12 heavy (non-hydrogen) atoms. The Kier molecular flexibility index (Phi) is 4.09. The molecule has 0 aromatic heterocycles. The van der Waals surface area contributed by atoms with Gasteiger partial charge in [0.1, 0.15) is 6.34 Å². The topological polar surface area (TPSA) is 50.7 Å². The average molecular weight is 184 g/mol. The Morgan fingerprint density at radius 1 is 1.67 bits per heavy atom. The number of rotatable bonds is 3. The summed E-state index contributed by atoms with van der Waals surface area (Å²) in [5.74, 6) is -0.436. The smallest absolute Gasteiger partial charge is 0.385 e. The SMILES string of the molecule is CC(=O)NC=NOCC(F)(F)F. The van der Waals surface area contributed by atoms with E-state index in [0.29, 0.717) is 0 Å². The molecule has 0 aliphatic heterocycles. The Morgan fingerprint density at radius 2 is 2.25 bits per heavy atom. The van der Waals surface area contributed by atoms with Crippen molar-refractivity contribution < 1.29 is 22.8 Å². The van der Waals surface area contributed by atoms with Crippen molar-refractivity contribution in [3.8, 4) is 0 Å². The number of carbonyl (C=O) groups excluding carboxylic acids is 1. The highest BCUT2D eigenvalue weighted by molar-refractivity contribution is 5.85. The van der Waals surface area contributed by atoms with E-state index in [2.05, 4.69) is 9.99 Å². The van der Waals surface area contributed by atoms with E-state index in [1.165, 1.54) is 6.92 Å². The van der Waals surface area contributed by atoms with Crippen LogP contribution in [0.5, 0.6) is 0 Å². The van der Waals surface area contributed by atoms with Gasteiger partial charge in [-0.1, -0.05) is 5.16 Å². The molecule has 0 heterocycles. The van der Waals surface area contributed by atoms with Crippen LogP contribution in [0.1, 0.15) is 6.92 Å². The van der Waals surface area contributed by atoms with Crippen molar-refractivity contribution in [3.05, 3.63) is 0 Å². The number of alkyl halides is 3. The number of amides is 1. The predicted molar refractivity (Wildman–Crippen MR) is 34.3 cm³/mol. The molecule has 0 aromatic rings. The summed E-state index contributed by atoms with van der Waals surface area (Å²) in [6, 6.07) is 0. The molecule has 1 N–H and O–H groups in total. The number of hydrogen-bond acceptors (Lipinski definition) is 3. The third-order valence-electron chi connectivity index (χ3n) is 0.623. The lowest BCUT2D eigenvalue weighted by atomic mass is 10.7. The van der Waals surface area contributed by atoms with Crippen molar-refractivity contribution in [3.63, 3.8) is 0 Å². The Morgan fingerprint density at radius 3 is 2.67 bits per heavy atom. The van der Waals surface area contributed by atoms with Gasteiger partial charge in [0.2, 0.25) is 12.5 Å². The molecule has 0 aliphatic carbocycles. The van der Waals surface area contributed by atoms with Crippen LogP contribution in [0.25, 0.3) is 0 Å². The van der Waals surface area contributed by atoms with Gasteiger partial charge in [-0.2, -0.15) is 13.2 Å². The minimum Gasteiger partial charge on any atom is -0.385 e. The van der Waals surface area contributed by atoms with E-state index in [4.69, 9.17) is 0 Å². The molecule has 0 bridgehead atoms. The second-order valence-electron chi connectivity index (χ2n) is 1.82. The molecule has 0 unspecified atom stereocenters. The first-order chi connectivity index (χ1) is 5.42. The first-order valence-electron chi connectivity index (χ1n) is 2.89. The highest BCUT2D eigenvalue weighted by Gasteiger charge is 2.28. The number of nitrogens with zero attached hydrogens (tertiary/aromatic N) is 1. The van der Waals surface area contributed by atoms with E-state index < -0.39 is 18.7 Å². The maximum atomic E-state index is 11.4. The Labute approximate surface area is 66.4 Å².